The van der Waals surface area contributed by atoms with Gasteiger partial charge in [-0.05, 0) is 50.3 Å². The number of hydrogen-bond donors (Lipinski definition) is 2. The topological polar surface area (TPSA) is 83.5 Å². The summed E-state index contributed by atoms with van der Waals surface area (Å²) in [4.78, 5) is 37.2. The molecule has 0 aliphatic heterocycles. The molecule has 5 heteroatoms. The van der Waals surface area contributed by atoms with E-state index in [1.165, 1.54) is 0 Å². The zero-order chi connectivity index (χ0) is 21.5. The first-order valence-corrected chi connectivity index (χ1v) is 10.4. The second-order valence-electron chi connectivity index (χ2n) is 7.63. The second kappa shape index (κ2) is 10.0. The summed E-state index contributed by atoms with van der Waals surface area (Å²) >= 11 is 0. The number of carbonyl (C=O) groups excluding carboxylic acids is 3. The van der Waals surface area contributed by atoms with Crippen molar-refractivity contribution in [2.45, 2.75) is 45.4 Å². The third-order valence-electron chi connectivity index (χ3n) is 5.49. The van der Waals surface area contributed by atoms with E-state index in [0.717, 1.165) is 31.2 Å². The summed E-state index contributed by atoms with van der Waals surface area (Å²) in [6.45, 7) is 2.29. The van der Waals surface area contributed by atoms with E-state index in [2.05, 4.69) is 5.32 Å². The molecule has 2 aromatic rings. The highest BCUT2D eigenvalue weighted by atomic mass is 16.3. The summed E-state index contributed by atoms with van der Waals surface area (Å²) in [7, 11) is 0. The third-order valence-corrected chi connectivity index (χ3v) is 5.49. The first kappa shape index (κ1) is 21.5. The van der Waals surface area contributed by atoms with Crippen molar-refractivity contribution in [3.05, 3.63) is 76.4 Å². The van der Waals surface area contributed by atoms with E-state index in [1.807, 2.05) is 12.1 Å². The first-order chi connectivity index (χ1) is 14.5. The van der Waals surface area contributed by atoms with Gasteiger partial charge in [-0.25, -0.2) is 0 Å². The van der Waals surface area contributed by atoms with Crippen molar-refractivity contribution in [1.82, 2.24) is 5.32 Å². The van der Waals surface area contributed by atoms with Crippen molar-refractivity contribution in [2.24, 2.45) is 0 Å². The smallest absolute Gasteiger partial charge is 0.220 e. The van der Waals surface area contributed by atoms with Crippen molar-refractivity contribution in [3.63, 3.8) is 0 Å². The second-order valence-corrected chi connectivity index (χ2v) is 7.63. The number of fused-ring (bicyclic) bond motifs is 1. The van der Waals surface area contributed by atoms with Gasteiger partial charge in [-0.3, -0.25) is 14.4 Å². The minimum absolute atomic E-state index is 0.0158. The normalized spacial score (nSPS) is 13.4. The van der Waals surface area contributed by atoms with Gasteiger partial charge in [-0.15, -0.1) is 0 Å². The molecule has 0 bridgehead atoms. The van der Waals surface area contributed by atoms with Crippen LogP contribution in [0.3, 0.4) is 0 Å². The van der Waals surface area contributed by atoms with Crippen LogP contribution >= 0.6 is 0 Å². The Hall–Kier alpha value is -3.21. The number of rotatable bonds is 9. The molecule has 0 atom stereocenters. The van der Waals surface area contributed by atoms with Crippen LogP contribution in [-0.4, -0.2) is 29.1 Å². The molecule has 2 N–H and O–H groups in total. The van der Waals surface area contributed by atoms with Crippen LogP contribution in [0.15, 0.2) is 59.7 Å². The lowest BCUT2D eigenvalue weighted by Gasteiger charge is -2.18. The number of aromatic hydroxyl groups is 1. The Morgan fingerprint density at radius 3 is 2.23 bits per heavy atom. The minimum Gasteiger partial charge on any atom is -0.508 e. The molecule has 0 spiro atoms. The highest BCUT2D eigenvalue weighted by molar-refractivity contribution is 6.26. The lowest BCUT2D eigenvalue weighted by Crippen LogP contribution is -2.25. The molecular weight excluding hydrogens is 378 g/mol. The number of benzene rings is 2. The highest BCUT2D eigenvalue weighted by Crippen LogP contribution is 2.29. The number of carbonyl (C=O) groups is 3. The predicted octanol–water partition coefficient (Wildman–Crippen LogP) is 4.40. The van der Waals surface area contributed by atoms with E-state index < -0.39 is 0 Å². The van der Waals surface area contributed by atoms with Crippen LogP contribution in [0, 0.1) is 0 Å². The Kier molecular flexibility index (Phi) is 7.17. The van der Waals surface area contributed by atoms with Crippen LogP contribution in [0.2, 0.25) is 0 Å². The number of nitrogens with one attached hydrogen (secondary N) is 1. The summed E-state index contributed by atoms with van der Waals surface area (Å²) in [5.41, 5.74) is 3.21. The predicted molar refractivity (Wildman–Crippen MR) is 116 cm³/mol. The van der Waals surface area contributed by atoms with E-state index in [4.69, 9.17) is 0 Å². The zero-order valence-corrected chi connectivity index (χ0v) is 17.2. The van der Waals surface area contributed by atoms with E-state index >= 15 is 0 Å². The molecule has 3 rings (SSSR count). The average Bonchev–Trinajstić information content (AvgIpc) is 2.75. The Morgan fingerprint density at radius 1 is 0.867 bits per heavy atom. The fourth-order valence-corrected chi connectivity index (χ4v) is 3.71. The van der Waals surface area contributed by atoms with Crippen molar-refractivity contribution in [3.8, 4) is 5.75 Å². The molecule has 0 fully saturated rings. The number of Topliss-reactive ketones (excluding diaryl/α,β-unsaturated/α-hetero) is 2. The first-order valence-electron chi connectivity index (χ1n) is 10.4. The van der Waals surface area contributed by atoms with Gasteiger partial charge in [-0.2, -0.15) is 0 Å². The summed E-state index contributed by atoms with van der Waals surface area (Å²) in [6.07, 6.45) is 4.07. The lowest BCUT2D eigenvalue weighted by atomic mass is 9.83. The molecule has 30 heavy (non-hydrogen) atoms. The molecule has 1 aliphatic carbocycles. The molecule has 2 aromatic carbocycles. The molecule has 5 nitrogen and oxygen atoms in total. The maximum absolute atomic E-state index is 12.7. The molecule has 0 saturated heterocycles. The average molecular weight is 405 g/mol. The Balaban J connectivity index is 1.37. The molecule has 0 radical (unpaired) electrons. The van der Waals surface area contributed by atoms with Crippen molar-refractivity contribution in [2.75, 3.05) is 6.54 Å². The summed E-state index contributed by atoms with van der Waals surface area (Å²) < 4.78 is 0. The SMILES string of the molecule is CC1=C(CCCCCC(=O)NCCc2ccc(O)cc2)C(=O)c2ccccc2C1=O. The van der Waals surface area contributed by atoms with Gasteiger partial charge in [-0.1, -0.05) is 42.8 Å². The fourth-order valence-electron chi connectivity index (χ4n) is 3.71. The van der Waals surface area contributed by atoms with Crippen LogP contribution < -0.4 is 5.32 Å². The van der Waals surface area contributed by atoms with E-state index in [-0.39, 0.29) is 23.2 Å². The summed E-state index contributed by atoms with van der Waals surface area (Å²) in [5, 5.41) is 12.2. The number of phenols is 1. The monoisotopic (exact) mass is 405 g/mol. The number of hydrogen-bond acceptors (Lipinski definition) is 4. The Labute approximate surface area is 176 Å². The van der Waals surface area contributed by atoms with E-state index in [0.29, 0.717) is 41.7 Å². The number of unbranched alkanes of at least 4 members (excludes halogenated alkanes) is 2. The number of amides is 1. The molecular formula is C25H27NO4. The fraction of sp³-hybridized carbons (Fsp3) is 0.320. The Morgan fingerprint density at radius 2 is 1.53 bits per heavy atom. The van der Waals surface area contributed by atoms with Gasteiger partial charge >= 0.3 is 0 Å². The summed E-state index contributed by atoms with van der Waals surface area (Å²) in [6, 6.07) is 13.9. The highest BCUT2D eigenvalue weighted by Gasteiger charge is 2.28. The third kappa shape index (κ3) is 5.23. The van der Waals surface area contributed by atoms with Gasteiger partial charge in [0, 0.05) is 35.2 Å². The van der Waals surface area contributed by atoms with E-state index in [1.54, 1.807) is 43.3 Å². The number of ketones is 2. The van der Waals surface area contributed by atoms with Crippen LogP contribution in [0.4, 0.5) is 0 Å². The van der Waals surface area contributed by atoms with Gasteiger partial charge < -0.3 is 10.4 Å². The van der Waals surface area contributed by atoms with Gasteiger partial charge in [0.2, 0.25) is 5.91 Å². The molecule has 0 saturated carbocycles. The van der Waals surface area contributed by atoms with Gasteiger partial charge in [0.1, 0.15) is 5.75 Å². The maximum atomic E-state index is 12.7. The number of allylic oxidation sites excluding steroid dienone is 2. The van der Waals surface area contributed by atoms with Crippen molar-refractivity contribution < 1.29 is 19.5 Å². The lowest BCUT2D eigenvalue weighted by molar-refractivity contribution is -0.121. The minimum atomic E-state index is -0.0618. The molecule has 1 amide bonds. The van der Waals surface area contributed by atoms with Gasteiger partial charge in [0.05, 0.1) is 0 Å². The van der Waals surface area contributed by atoms with Gasteiger partial charge in [0.15, 0.2) is 11.6 Å². The molecule has 1 aliphatic rings. The van der Waals surface area contributed by atoms with Crippen molar-refractivity contribution >= 4 is 17.5 Å². The van der Waals surface area contributed by atoms with Gasteiger partial charge in [0.25, 0.3) is 0 Å². The largest absolute Gasteiger partial charge is 0.508 e. The van der Waals surface area contributed by atoms with E-state index in [9.17, 15) is 19.5 Å². The van der Waals surface area contributed by atoms with Crippen LogP contribution in [-0.2, 0) is 11.2 Å². The van der Waals surface area contributed by atoms with Crippen LogP contribution in [0.25, 0.3) is 0 Å². The van der Waals surface area contributed by atoms with Crippen molar-refractivity contribution in [1.29, 1.82) is 0 Å². The number of phenolic OH excluding ortho intramolecular Hbond substituents is 1. The van der Waals surface area contributed by atoms with Crippen LogP contribution in [0.5, 0.6) is 5.75 Å². The maximum Gasteiger partial charge on any atom is 0.220 e. The Bertz CT molecular complexity index is 973. The molecule has 0 unspecified atom stereocenters. The summed E-state index contributed by atoms with van der Waals surface area (Å²) in [5.74, 6) is 0.141. The quantitative estimate of drug-likeness (QED) is 0.606. The zero-order valence-electron chi connectivity index (χ0n) is 17.2. The molecule has 0 aromatic heterocycles. The molecule has 0 heterocycles. The molecule has 156 valence electrons. The van der Waals surface area contributed by atoms with Crippen LogP contribution in [0.1, 0.15) is 65.3 Å². The standard InChI is InChI=1S/C25H27NO4/c1-17-20(25(30)22-9-6-5-8-21(22)24(17)29)7-3-2-4-10-23(28)26-16-15-18-11-13-19(27)14-12-18/h5-6,8-9,11-14,27H,2-4,7,10,15-16H2,1H3,(H,26,28).